The Labute approximate surface area is 139 Å². The smallest absolute Gasteiger partial charge is 0.220 e. The predicted octanol–water partition coefficient (Wildman–Crippen LogP) is 2.46. The third kappa shape index (κ3) is 6.91. The van der Waals surface area contributed by atoms with E-state index in [1.165, 1.54) is 25.9 Å². The molecule has 0 aliphatic carbocycles. The lowest BCUT2D eigenvalue weighted by atomic mass is 10.3. The van der Waals surface area contributed by atoms with E-state index in [0.29, 0.717) is 13.0 Å². The molecule has 128 valence electrons. The van der Waals surface area contributed by atoms with Crippen molar-refractivity contribution >= 4 is 5.91 Å². The van der Waals surface area contributed by atoms with Gasteiger partial charge in [-0.1, -0.05) is 0 Å². The maximum Gasteiger partial charge on any atom is 0.220 e. The van der Waals surface area contributed by atoms with Crippen LogP contribution in [0.15, 0.2) is 24.3 Å². The van der Waals surface area contributed by atoms with Crippen LogP contribution in [0.3, 0.4) is 0 Å². The summed E-state index contributed by atoms with van der Waals surface area (Å²) in [7, 11) is 1.64. The molecule has 0 saturated carbocycles. The van der Waals surface area contributed by atoms with Crippen molar-refractivity contribution in [1.29, 1.82) is 0 Å². The molecule has 0 spiro atoms. The SMILES string of the molecule is COc1ccc(OCCCC(=O)NCCCN2CCCC2)cc1. The zero-order valence-electron chi connectivity index (χ0n) is 14.1. The number of methoxy groups -OCH3 is 1. The van der Waals surface area contributed by atoms with Crippen molar-refractivity contribution < 1.29 is 14.3 Å². The van der Waals surface area contributed by atoms with Crippen LogP contribution in [0.2, 0.25) is 0 Å². The van der Waals surface area contributed by atoms with Crippen molar-refractivity contribution in [2.75, 3.05) is 39.9 Å². The van der Waals surface area contributed by atoms with E-state index in [-0.39, 0.29) is 5.91 Å². The van der Waals surface area contributed by atoms with Crippen LogP contribution in [0.1, 0.15) is 32.1 Å². The average Bonchev–Trinajstić information content (AvgIpc) is 3.09. The molecule has 23 heavy (non-hydrogen) atoms. The fourth-order valence-electron chi connectivity index (χ4n) is 2.72. The van der Waals surface area contributed by atoms with Crippen molar-refractivity contribution in [3.05, 3.63) is 24.3 Å². The first-order valence-electron chi connectivity index (χ1n) is 8.54. The van der Waals surface area contributed by atoms with Crippen LogP contribution in [0.4, 0.5) is 0 Å². The van der Waals surface area contributed by atoms with Gasteiger partial charge in [-0.05, 0) is 69.6 Å². The Morgan fingerprint density at radius 3 is 2.52 bits per heavy atom. The van der Waals surface area contributed by atoms with Crippen LogP contribution >= 0.6 is 0 Å². The molecule has 0 atom stereocenters. The van der Waals surface area contributed by atoms with Gasteiger partial charge in [-0.3, -0.25) is 4.79 Å². The van der Waals surface area contributed by atoms with Gasteiger partial charge >= 0.3 is 0 Å². The van der Waals surface area contributed by atoms with Crippen LogP contribution in [0.25, 0.3) is 0 Å². The summed E-state index contributed by atoms with van der Waals surface area (Å²) < 4.78 is 10.7. The first-order valence-corrected chi connectivity index (χ1v) is 8.54. The summed E-state index contributed by atoms with van der Waals surface area (Å²) in [6.07, 6.45) is 4.92. The van der Waals surface area contributed by atoms with E-state index in [1.54, 1.807) is 7.11 Å². The number of hydrogen-bond acceptors (Lipinski definition) is 4. The highest BCUT2D eigenvalue weighted by Crippen LogP contribution is 2.17. The minimum atomic E-state index is 0.116. The standard InChI is InChI=1S/C18H28N2O3/c1-22-16-7-9-17(10-8-16)23-15-4-6-18(21)19-11-5-14-20-12-2-3-13-20/h7-10H,2-6,11-15H2,1H3,(H,19,21). The Morgan fingerprint density at radius 1 is 1.13 bits per heavy atom. The van der Waals surface area contributed by atoms with Gasteiger partial charge in [0.25, 0.3) is 0 Å². The number of rotatable bonds is 10. The molecular formula is C18H28N2O3. The lowest BCUT2D eigenvalue weighted by molar-refractivity contribution is -0.121. The molecule has 1 aliphatic rings. The number of amides is 1. The molecule has 1 aromatic rings. The zero-order chi connectivity index (χ0) is 16.3. The number of hydrogen-bond donors (Lipinski definition) is 1. The fourth-order valence-corrected chi connectivity index (χ4v) is 2.72. The van der Waals surface area contributed by atoms with Crippen LogP contribution < -0.4 is 14.8 Å². The van der Waals surface area contributed by atoms with Crippen LogP contribution in [0.5, 0.6) is 11.5 Å². The largest absolute Gasteiger partial charge is 0.497 e. The van der Waals surface area contributed by atoms with Crippen LogP contribution in [-0.2, 0) is 4.79 Å². The number of benzene rings is 1. The van der Waals surface area contributed by atoms with E-state index < -0.39 is 0 Å². The van der Waals surface area contributed by atoms with E-state index >= 15 is 0 Å². The fraction of sp³-hybridized carbons (Fsp3) is 0.611. The molecule has 1 N–H and O–H groups in total. The lowest BCUT2D eigenvalue weighted by Crippen LogP contribution is -2.28. The minimum Gasteiger partial charge on any atom is -0.497 e. The predicted molar refractivity (Wildman–Crippen MR) is 91.0 cm³/mol. The van der Waals surface area contributed by atoms with E-state index in [9.17, 15) is 4.79 Å². The number of carbonyl (C=O) groups excluding carboxylic acids is 1. The number of nitrogens with one attached hydrogen (secondary N) is 1. The van der Waals surface area contributed by atoms with Crippen molar-refractivity contribution in [3.8, 4) is 11.5 Å². The summed E-state index contributed by atoms with van der Waals surface area (Å²) in [6.45, 7) is 4.86. The summed E-state index contributed by atoms with van der Waals surface area (Å²) in [6, 6.07) is 7.47. The molecule has 5 nitrogen and oxygen atoms in total. The molecule has 1 aliphatic heterocycles. The zero-order valence-corrected chi connectivity index (χ0v) is 14.1. The van der Waals surface area contributed by atoms with Gasteiger partial charge in [-0.2, -0.15) is 0 Å². The second-order valence-corrected chi connectivity index (χ2v) is 5.88. The molecule has 1 saturated heterocycles. The van der Waals surface area contributed by atoms with Gasteiger partial charge in [0.05, 0.1) is 13.7 Å². The van der Waals surface area contributed by atoms with Gasteiger partial charge < -0.3 is 19.7 Å². The Morgan fingerprint density at radius 2 is 1.83 bits per heavy atom. The molecule has 0 bridgehead atoms. The molecule has 1 fully saturated rings. The summed E-state index contributed by atoms with van der Waals surface area (Å²) in [4.78, 5) is 14.2. The molecule has 0 aromatic heterocycles. The summed E-state index contributed by atoms with van der Waals surface area (Å²) >= 11 is 0. The van der Waals surface area contributed by atoms with Gasteiger partial charge in [-0.15, -0.1) is 0 Å². The second kappa shape index (κ2) is 10.1. The Balaban J connectivity index is 1.47. The molecular weight excluding hydrogens is 292 g/mol. The number of carbonyl (C=O) groups is 1. The Bertz CT molecular complexity index is 456. The van der Waals surface area contributed by atoms with E-state index in [2.05, 4.69) is 10.2 Å². The van der Waals surface area contributed by atoms with E-state index in [1.807, 2.05) is 24.3 Å². The Kier molecular flexibility index (Phi) is 7.73. The van der Waals surface area contributed by atoms with Gasteiger partial charge in [0.2, 0.25) is 5.91 Å². The monoisotopic (exact) mass is 320 g/mol. The van der Waals surface area contributed by atoms with Gasteiger partial charge in [0.15, 0.2) is 0 Å². The maximum absolute atomic E-state index is 11.7. The summed E-state index contributed by atoms with van der Waals surface area (Å²) in [5, 5.41) is 2.98. The quantitative estimate of drug-likeness (QED) is 0.673. The lowest BCUT2D eigenvalue weighted by Gasteiger charge is -2.14. The highest BCUT2D eigenvalue weighted by Gasteiger charge is 2.10. The van der Waals surface area contributed by atoms with Gasteiger partial charge in [0.1, 0.15) is 11.5 Å². The van der Waals surface area contributed by atoms with Crippen molar-refractivity contribution in [1.82, 2.24) is 10.2 Å². The van der Waals surface area contributed by atoms with Crippen LogP contribution in [-0.4, -0.2) is 50.7 Å². The molecule has 0 unspecified atom stereocenters. The topological polar surface area (TPSA) is 50.8 Å². The van der Waals surface area contributed by atoms with Gasteiger partial charge in [0, 0.05) is 13.0 Å². The third-order valence-electron chi connectivity index (χ3n) is 4.05. The molecule has 1 aromatic carbocycles. The van der Waals surface area contributed by atoms with E-state index in [4.69, 9.17) is 9.47 Å². The normalized spacial score (nSPS) is 14.7. The highest BCUT2D eigenvalue weighted by molar-refractivity contribution is 5.75. The van der Waals surface area contributed by atoms with Crippen LogP contribution in [0, 0.1) is 0 Å². The molecule has 1 amide bonds. The second-order valence-electron chi connectivity index (χ2n) is 5.88. The van der Waals surface area contributed by atoms with Crippen molar-refractivity contribution in [3.63, 3.8) is 0 Å². The molecule has 1 heterocycles. The van der Waals surface area contributed by atoms with Crippen molar-refractivity contribution in [2.24, 2.45) is 0 Å². The number of likely N-dealkylation sites (tertiary alicyclic amines) is 1. The van der Waals surface area contributed by atoms with E-state index in [0.717, 1.165) is 37.4 Å². The van der Waals surface area contributed by atoms with Gasteiger partial charge in [-0.25, -0.2) is 0 Å². The summed E-state index contributed by atoms with van der Waals surface area (Å²) in [5.74, 6) is 1.73. The molecule has 5 heteroatoms. The molecule has 2 rings (SSSR count). The third-order valence-corrected chi connectivity index (χ3v) is 4.05. The highest BCUT2D eigenvalue weighted by atomic mass is 16.5. The minimum absolute atomic E-state index is 0.116. The number of nitrogens with zero attached hydrogens (tertiary/aromatic N) is 1. The average molecular weight is 320 g/mol. The van der Waals surface area contributed by atoms with Crippen molar-refractivity contribution in [2.45, 2.75) is 32.1 Å². The number of ether oxygens (including phenoxy) is 2. The first-order chi connectivity index (χ1) is 11.3. The maximum atomic E-state index is 11.7. The Hall–Kier alpha value is -1.75. The summed E-state index contributed by atoms with van der Waals surface area (Å²) in [5.41, 5.74) is 0. The molecule has 0 radical (unpaired) electrons. The first kappa shape index (κ1) is 17.6.